The van der Waals surface area contributed by atoms with E-state index in [-0.39, 0.29) is 6.10 Å². The Balaban J connectivity index is 2.38. The van der Waals surface area contributed by atoms with Crippen molar-refractivity contribution in [2.24, 2.45) is 0 Å². The van der Waals surface area contributed by atoms with E-state index in [9.17, 15) is 0 Å². The van der Waals surface area contributed by atoms with E-state index in [1.807, 2.05) is 32.0 Å². The number of nitrogens with zero attached hydrogens (tertiary/aromatic N) is 1. The van der Waals surface area contributed by atoms with E-state index in [0.29, 0.717) is 6.61 Å². The molecule has 2 nitrogen and oxygen atoms in total. The Morgan fingerprint density at radius 2 is 2.11 bits per heavy atom. The zero-order chi connectivity index (χ0) is 13.1. The van der Waals surface area contributed by atoms with Gasteiger partial charge in [-0.25, -0.2) is 4.98 Å². The Morgan fingerprint density at radius 3 is 2.78 bits per heavy atom. The van der Waals surface area contributed by atoms with Crippen LogP contribution in [0.1, 0.15) is 29.8 Å². The normalized spacial score (nSPS) is 12.7. The van der Waals surface area contributed by atoms with Gasteiger partial charge in [0, 0.05) is 21.5 Å². The van der Waals surface area contributed by atoms with Crippen LogP contribution in [0.5, 0.6) is 0 Å². The molecule has 96 valence electrons. The van der Waals surface area contributed by atoms with Crippen molar-refractivity contribution in [2.75, 3.05) is 6.61 Å². The van der Waals surface area contributed by atoms with Gasteiger partial charge in [0.25, 0.3) is 0 Å². The number of thiazole rings is 1. The lowest BCUT2D eigenvalue weighted by atomic mass is 10.1. The third-order valence-corrected chi connectivity index (χ3v) is 4.53. The standard InChI is InChI=1S/C14H16BrNOS/c1-4-17-9(2)14-16-13(10(3)18-14)11-7-5-6-8-12(11)15/h5-9H,4H2,1-3H3. The molecule has 0 N–H and O–H groups in total. The number of hydrogen-bond donors (Lipinski definition) is 0. The first-order valence-electron chi connectivity index (χ1n) is 5.97. The molecular weight excluding hydrogens is 310 g/mol. The highest BCUT2D eigenvalue weighted by Gasteiger charge is 2.16. The number of halogens is 1. The molecule has 0 saturated carbocycles. The van der Waals surface area contributed by atoms with Crippen LogP contribution in [0.2, 0.25) is 0 Å². The van der Waals surface area contributed by atoms with Crippen LogP contribution in [-0.4, -0.2) is 11.6 Å². The average Bonchev–Trinajstić information content (AvgIpc) is 2.72. The van der Waals surface area contributed by atoms with Gasteiger partial charge in [-0.05, 0) is 26.8 Å². The predicted molar refractivity (Wildman–Crippen MR) is 80.0 cm³/mol. The number of rotatable bonds is 4. The van der Waals surface area contributed by atoms with Crippen LogP contribution in [0.3, 0.4) is 0 Å². The molecule has 1 aromatic carbocycles. The lowest BCUT2D eigenvalue weighted by molar-refractivity contribution is 0.0762. The number of aryl methyl sites for hydroxylation is 1. The number of hydrogen-bond acceptors (Lipinski definition) is 3. The van der Waals surface area contributed by atoms with E-state index in [4.69, 9.17) is 9.72 Å². The van der Waals surface area contributed by atoms with Gasteiger partial charge in [0.15, 0.2) is 0 Å². The number of aromatic nitrogens is 1. The van der Waals surface area contributed by atoms with Crippen molar-refractivity contribution in [2.45, 2.75) is 26.9 Å². The van der Waals surface area contributed by atoms with Gasteiger partial charge in [-0.15, -0.1) is 11.3 Å². The molecule has 0 bridgehead atoms. The van der Waals surface area contributed by atoms with Gasteiger partial charge in [-0.2, -0.15) is 0 Å². The van der Waals surface area contributed by atoms with Crippen molar-refractivity contribution in [3.05, 3.63) is 38.6 Å². The first-order valence-corrected chi connectivity index (χ1v) is 7.58. The molecule has 18 heavy (non-hydrogen) atoms. The van der Waals surface area contributed by atoms with Gasteiger partial charge in [-0.1, -0.05) is 34.1 Å². The molecule has 0 saturated heterocycles. The molecule has 1 unspecified atom stereocenters. The summed E-state index contributed by atoms with van der Waals surface area (Å²) in [6, 6.07) is 8.17. The van der Waals surface area contributed by atoms with Crippen molar-refractivity contribution in [1.82, 2.24) is 4.98 Å². The van der Waals surface area contributed by atoms with Crippen LogP contribution in [-0.2, 0) is 4.74 Å². The molecule has 4 heteroatoms. The van der Waals surface area contributed by atoms with E-state index in [1.165, 1.54) is 4.88 Å². The lowest BCUT2D eigenvalue weighted by Crippen LogP contribution is -1.98. The molecule has 1 atom stereocenters. The second-order valence-electron chi connectivity index (χ2n) is 4.03. The molecule has 0 aliphatic heterocycles. The Hall–Kier alpha value is -0.710. The molecule has 0 aliphatic rings. The van der Waals surface area contributed by atoms with Gasteiger partial charge in [0.05, 0.1) is 5.69 Å². The molecular formula is C14H16BrNOS. The summed E-state index contributed by atoms with van der Waals surface area (Å²) in [6.45, 7) is 6.87. The fraction of sp³-hybridized carbons (Fsp3) is 0.357. The third kappa shape index (κ3) is 2.82. The van der Waals surface area contributed by atoms with Gasteiger partial charge >= 0.3 is 0 Å². The highest BCUT2D eigenvalue weighted by molar-refractivity contribution is 9.10. The first-order chi connectivity index (χ1) is 8.63. The molecule has 0 spiro atoms. The SMILES string of the molecule is CCOC(C)c1nc(-c2ccccc2Br)c(C)s1. The maximum Gasteiger partial charge on any atom is 0.122 e. The maximum atomic E-state index is 5.60. The number of ether oxygens (including phenoxy) is 1. The third-order valence-electron chi connectivity index (χ3n) is 2.71. The fourth-order valence-corrected chi connectivity index (χ4v) is 3.22. The molecule has 2 rings (SSSR count). The largest absolute Gasteiger partial charge is 0.372 e. The molecule has 2 aromatic rings. The van der Waals surface area contributed by atoms with Gasteiger partial charge in [-0.3, -0.25) is 0 Å². The van der Waals surface area contributed by atoms with Crippen LogP contribution >= 0.6 is 27.3 Å². The van der Waals surface area contributed by atoms with Crippen LogP contribution in [0.4, 0.5) is 0 Å². The second kappa shape index (κ2) is 5.95. The quantitative estimate of drug-likeness (QED) is 0.791. The van der Waals surface area contributed by atoms with E-state index >= 15 is 0 Å². The minimum atomic E-state index is 0.0648. The van der Waals surface area contributed by atoms with Crippen LogP contribution in [0, 0.1) is 6.92 Å². The van der Waals surface area contributed by atoms with Crippen molar-refractivity contribution in [1.29, 1.82) is 0 Å². The van der Waals surface area contributed by atoms with Gasteiger partial charge < -0.3 is 4.74 Å². The van der Waals surface area contributed by atoms with Gasteiger partial charge in [0.1, 0.15) is 11.1 Å². The maximum absolute atomic E-state index is 5.60. The summed E-state index contributed by atoms with van der Waals surface area (Å²) in [7, 11) is 0. The second-order valence-corrected chi connectivity index (χ2v) is 6.12. The highest BCUT2D eigenvalue weighted by Crippen LogP contribution is 2.34. The molecule has 0 amide bonds. The summed E-state index contributed by atoms with van der Waals surface area (Å²) in [5, 5.41) is 1.04. The Bertz CT molecular complexity index is 538. The Labute approximate surface area is 120 Å². The minimum Gasteiger partial charge on any atom is -0.372 e. The van der Waals surface area contributed by atoms with Crippen molar-refractivity contribution < 1.29 is 4.74 Å². The predicted octanol–water partition coefficient (Wildman–Crippen LogP) is 4.98. The number of benzene rings is 1. The smallest absolute Gasteiger partial charge is 0.122 e. The van der Waals surface area contributed by atoms with Crippen LogP contribution < -0.4 is 0 Å². The van der Waals surface area contributed by atoms with Crippen LogP contribution in [0.25, 0.3) is 11.3 Å². The lowest BCUT2D eigenvalue weighted by Gasteiger charge is -2.07. The van der Waals surface area contributed by atoms with Crippen molar-refractivity contribution in [3.8, 4) is 11.3 Å². The average molecular weight is 326 g/mol. The topological polar surface area (TPSA) is 22.1 Å². The molecule has 0 radical (unpaired) electrons. The minimum absolute atomic E-state index is 0.0648. The van der Waals surface area contributed by atoms with Crippen molar-refractivity contribution >= 4 is 27.3 Å². The first kappa shape index (κ1) is 13.7. The molecule has 1 aromatic heterocycles. The van der Waals surface area contributed by atoms with E-state index in [0.717, 1.165) is 20.7 Å². The molecule has 1 heterocycles. The van der Waals surface area contributed by atoms with E-state index in [2.05, 4.69) is 28.9 Å². The summed E-state index contributed by atoms with van der Waals surface area (Å²) in [5.74, 6) is 0. The zero-order valence-corrected chi connectivity index (χ0v) is 13.1. The van der Waals surface area contributed by atoms with Crippen molar-refractivity contribution in [3.63, 3.8) is 0 Å². The molecule has 0 aliphatic carbocycles. The summed E-state index contributed by atoms with van der Waals surface area (Å²) in [6.07, 6.45) is 0.0648. The van der Waals surface area contributed by atoms with Crippen LogP contribution in [0.15, 0.2) is 28.7 Å². The highest BCUT2D eigenvalue weighted by atomic mass is 79.9. The summed E-state index contributed by atoms with van der Waals surface area (Å²) < 4.78 is 6.68. The summed E-state index contributed by atoms with van der Waals surface area (Å²) in [5.41, 5.74) is 2.19. The Morgan fingerprint density at radius 1 is 1.39 bits per heavy atom. The molecule has 0 fully saturated rings. The fourth-order valence-electron chi connectivity index (χ4n) is 1.82. The summed E-state index contributed by atoms with van der Waals surface area (Å²) in [4.78, 5) is 5.95. The summed E-state index contributed by atoms with van der Waals surface area (Å²) >= 11 is 5.29. The Kier molecular flexibility index (Phi) is 4.54. The van der Waals surface area contributed by atoms with E-state index in [1.54, 1.807) is 11.3 Å². The monoisotopic (exact) mass is 325 g/mol. The zero-order valence-electron chi connectivity index (χ0n) is 10.7. The van der Waals surface area contributed by atoms with E-state index < -0.39 is 0 Å². The van der Waals surface area contributed by atoms with Gasteiger partial charge in [0.2, 0.25) is 0 Å².